The highest BCUT2D eigenvalue weighted by molar-refractivity contribution is 6.31. The molecule has 0 unspecified atom stereocenters. The maximum atomic E-state index is 11.9. The number of methoxy groups -OCH3 is 1. The molecule has 3 rings (SSSR count). The Bertz CT molecular complexity index is 795. The summed E-state index contributed by atoms with van der Waals surface area (Å²) in [6.07, 6.45) is 0.841. The fourth-order valence-electron chi connectivity index (χ4n) is 3.08. The van der Waals surface area contributed by atoms with E-state index in [2.05, 4.69) is 14.9 Å². The lowest BCUT2D eigenvalue weighted by Crippen LogP contribution is -2.32. The molecular weight excluding hydrogens is 356 g/mol. The van der Waals surface area contributed by atoms with E-state index in [-0.39, 0.29) is 12.0 Å². The number of anilines is 2. The van der Waals surface area contributed by atoms with Crippen LogP contribution in [0, 0.1) is 6.92 Å². The van der Waals surface area contributed by atoms with E-state index >= 15 is 0 Å². The van der Waals surface area contributed by atoms with Crippen LogP contribution in [0.25, 0.3) is 0 Å². The minimum atomic E-state index is -0.411. The van der Waals surface area contributed by atoms with Gasteiger partial charge in [-0.2, -0.15) is 4.98 Å². The van der Waals surface area contributed by atoms with Gasteiger partial charge in [0, 0.05) is 29.9 Å². The van der Waals surface area contributed by atoms with E-state index in [0.717, 1.165) is 24.2 Å². The SMILES string of the molecule is COC(=O)c1ccc(Cl)c([C@@H]2COCCCN2c2cc(C)nc(N)n2)c1. The molecule has 7 nitrogen and oxygen atoms in total. The molecular formula is C18H21ClN4O3. The van der Waals surface area contributed by atoms with Gasteiger partial charge in [-0.25, -0.2) is 9.78 Å². The molecule has 0 saturated carbocycles. The first-order valence-corrected chi connectivity index (χ1v) is 8.70. The summed E-state index contributed by atoms with van der Waals surface area (Å²) in [7, 11) is 1.35. The molecule has 0 aliphatic carbocycles. The van der Waals surface area contributed by atoms with Gasteiger partial charge in [0.1, 0.15) is 5.82 Å². The van der Waals surface area contributed by atoms with Crippen molar-refractivity contribution in [2.24, 2.45) is 0 Å². The Morgan fingerprint density at radius 3 is 2.92 bits per heavy atom. The Kier molecular flexibility index (Phi) is 5.58. The van der Waals surface area contributed by atoms with Crippen molar-refractivity contribution in [2.45, 2.75) is 19.4 Å². The smallest absolute Gasteiger partial charge is 0.337 e. The summed E-state index contributed by atoms with van der Waals surface area (Å²) >= 11 is 6.45. The molecule has 26 heavy (non-hydrogen) atoms. The summed E-state index contributed by atoms with van der Waals surface area (Å²) in [5, 5.41) is 0.553. The third-order valence-corrected chi connectivity index (χ3v) is 4.61. The molecule has 0 spiro atoms. The summed E-state index contributed by atoms with van der Waals surface area (Å²) in [5.41, 5.74) is 7.84. The highest BCUT2D eigenvalue weighted by Gasteiger charge is 2.27. The molecule has 8 heteroatoms. The van der Waals surface area contributed by atoms with Crippen LogP contribution in [0.1, 0.15) is 34.1 Å². The average Bonchev–Trinajstić information content (AvgIpc) is 2.86. The van der Waals surface area contributed by atoms with Gasteiger partial charge in [-0.15, -0.1) is 0 Å². The molecule has 1 aromatic heterocycles. The van der Waals surface area contributed by atoms with Crippen LogP contribution in [0.2, 0.25) is 5.02 Å². The van der Waals surface area contributed by atoms with E-state index in [1.165, 1.54) is 7.11 Å². The van der Waals surface area contributed by atoms with Gasteiger partial charge in [-0.3, -0.25) is 0 Å². The summed E-state index contributed by atoms with van der Waals surface area (Å²) in [5.74, 6) is 0.523. The standard InChI is InChI=1S/C18H21ClN4O3/c1-11-8-16(22-18(20)21-11)23-6-3-7-26-10-15(23)13-9-12(17(24)25-2)4-5-14(13)19/h4-5,8-9,15H,3,6-7,10H2,1-2H3,(H2,20,21,22)/t15-/m0/s1. The van der Waals surface area contributed by atoms with Crippen LogP contribution in [0.5, 0.6) is 0 Å². The van der Waals surface area contributed by atoms with Crippen LogP contribution in [0.15, 0.2) is 24.3 Å². The first kappa shape index (κ1) is 18.4. The van der Waals surface area contributed by atoms with Gasteiger partial charge >= 0.3 is 5.97 Å². The molecule has 2 N–H and O–H groups in total. The maximum Gasteiger partial charge on any atom is 0.337 e. The van der Waals surface area contributed by atoms with Crippen LogP contribution in [-0.2, 0) is 9.47 Å². The van der Waals surface area contributed by atoms with Crippen molar-refractivity contribution in [1.82, 2.24) is 9.97 Å². The third kappa shape index (κ3) is 3.89. The Balaban J connectivity index is 2.06. The fourth-order valence-corrected chi connectivity index (χ4v) is 3.32. The zero-order valence-corrected chi connectivity index (χ0v) is 15.5. The van der Waals surface area contributed by atoms with Crippen molar-refractivity contribution >= 4 is 29.3 Å². The minimum absolute atomic E-state index is 0.205. The predicted octanol–water partition coefficient (Wildman–Crippen LogP) is 2.78. The van der Waals surface area contributed by atoms with Gasteiger partial charge in [0.15, 0.2) is 0 Å². The fraction of sp³-hybridized carbons (Fsp3) is 0.389. The van der Waals surface area contributed by atoms with E-state index in [1.54, 1.807) is 18.2 Å². The number of esters is 1. The van der Waals surface area contributed by atoms with E-state index in [0.29, 0.717) is 29.6 Å². The number of hydrogen-bond acceptors (Lipinski definition) is 7. The van der Waals surface area contributed by atoms with Crippen molar-refractivity contribution in [3.63, 3.8) is 0 Å². The number of halogens is 1. The van der Waals surface area contributed by atoms with Crippen LogP contribution >= 0.6 is 11.6 Å². The molecule has 0 amide bonds. The number of ether oxygens (including phenoxy) is 2. The van der Waals surface area contributed by atoms with Crippen LogP contribution in [0.3, 0.4) is 0 Å². The predicted molar refractivity (Wildman–Crippen MR) is 99.5 cm³/mol. The van der Waals surface area contributed by atoms with Gasteiger partial charge in [0.05, 0.1) is 25.3 Å². The second-order valence-corrected chi connectivity index (χ2v) is 6.50. The second kappa shape index (κ2) is 7.88. The van der Waals surface area contributed by atoms with Crippen molar-refractivity contribution < 1.29 is 14.3 Å². The first-order chi connectivity index (χ1) is 12.5. The van der Waals surface area contributed by atoms with Gasteiger partial charge in [-0.05, 0) is 37.1 Å². The van der Waals surface area contributed by atoms with E-state index in [9.17, 15) is 4.79 Å². The highest BCUT2D eigenvalue weighted by Crippen LogP contribution is 2.33. The third-order valence-electron chi connectivity index (χ3n) is 4.27. The Hall–Kier alpha value is -2.38. The topological polar surface area (TPSA) is 90.6 Å². The summed E-state index contributed by atoms with van der Waals surface area (Å²) < 4.78 is 10.6. The minimum Gasteiger partial charge on any atom is -0.465 e. The second-order valence-electron chi connectivity index (χ2n) is 6.09. The molecule has 1 fully saturated rings. The van der Waals surface area contributed by atoms with E-state index in [1.807, 2.05) is 13.0 Å². The number of aryl methyl sites for hydroxylation is 1. The van der Waals surface area contributed by atoms with Crippen molar-refractivity contribution in [3.05, 3.63) is 46.1 Å². The summed E-state index contributed by atoms with van der Waals surface area (Å²) in [6.45, 7) is 3.66. The zero-order valence-electron chi connectivity index (χ0n) is 14.7. The number of benzene rings is 1. The van der Waals surface area contributed by atoms with Crippen molar-refractivity contribution in [3.8, 4) is 0 Å². The first-order valence-electron chi connectivity index (χ1n) is 8.33. The lowest BCUT2D eigenvalue weighted by Gasteiger charge is -2.31. The van der Waals surface area contributed by atoms with Gasteiger partial charge in [0.2, 0.25) is 5.95 Å². The average molecular weight is 377 g/mol. The number of nitrogens with two attached hydrogens (primary N) is 1. The lowest BCUT2D eigenvalue weighted by molar-refractivity contribution is 0.0600. The highest BCUT2D eigenvalue weighted by atomic mass is 35.5. The number of nitrogen functional groups attached to an aromatic ring is 1. The van der Waals surface area contributed by atoms with Crippen molar-refractivity contribution in [2.75, 3.05) is 37.5 Å². The van der Waals surface area contributed by atoms with Gasteiger partial charge < -0.3 is 20.1 Å². The Morgan fingerprint density at radius 1 is 1.38 bits per heavy atom. The van der Waals surface area contributed by atoms with Gasteiger partial charge in [-0.1, -0.05) is 11.6 Å². The molecule has 1 atom stereocenters. The number of carbonyl (C=O) groups excluding carboxylic acids is 1. The maximum absolute atomic E-state index is 11.9. The number of carbonyl (C=O) groups is 1. The van der Waals surface area contributed by atoms with Crippen molar-refractivity contribution in [1.29, 1.82) is 0 Å². The normalized spacial score (nSPS) is 17.7. The number of rotatable bonds is 3. The number of nitrogens with zero attached hydrogens (tertiary/aromatic N) is 3. The van der Waals surface area contributed by atoms with Gasteiger partial charge in [0.25, 0.3) is 0 Å². The van der Waals surface area contributed by atoms with Crippen LogP contribution in [0.4, 0.5) is 11.8 Å². The molecule has 1 aliphatic heterocycles. The Labute approximate surface area is 157 Å². The zero-order chi connectivity index (χ0) is 18.7. The number of aromatic nitrogens is 2. The molecule has 1 aliphatic rings. The Morgan fingerprint density at radius 2 is 2.19 bits per heavy atom. The summed E-state index contributed by atoms with van der Waals surface area (Å²) in [6, 6.07) is 6.77. The lowest BCUT2D eigenvalue weighted by atomic mass is 10.0. The molecule has 2 aromatic rings. The van der Waals surface area contributed by atoms with E-state index < -0.39 is 5.97 Å². The molecule has 1 aromatic carbocycles. The molecule has 138 valence electrons. The monoisotopic (exact) mass is 376 g/mol. The molecule has 1 saturated heterocycles. The molecule has 0 radical (unpaired) electrons. The summed E-state index contributed by atoms with van der Waals surface area (Å²) in [4.78, 5) is 22.5. The largest absolute Gasteiger partial charge is 0.465 e. The molecule has 0 bridgehead atoms. The van der Waals surface area contributed by atoms with Crippen LogP contribution < -0.4 is 10.6 Å². The van der Waals surface area contributed by atoms with E-state index in [4.69, 9.17) is 26.8 Å². The molecule has 2 heterocycles. The number of hydrogen-bond donors (Lipinski definition) is 1. The quantitative estimate of drug-likeness (QED) is 0.823. The van der Waals surface area contributed by atoms with Crippen LogP contribution in [-0.4, -0.2) is 42.8 Å².